The number of anilines is 1. The number of rotatable bonds is 4. The van der Waals surface area contributed by atoms with Crippen molar-refractivity contribution in [2.75, 3.05) is 12.4 Å². The number of aromatic nitrogens is 1. The number of benzene rings is 2. The summed E-state index contributed by atoms with van der Waals surface area (Å²) in [7, 11) is 1.52. The maximum atomic E-state index is 12.0. The molecule has 0 aliphatic heterocycles. The predicted molar refractivity (Wildman–Crippen MR) is 89.7 cm³/mol. The number of fused-ring (bicyclic) bond motifs is 1. The molecule has 116 valence electrons. The van der Waals surface area contributed by atoms with E-state index in [0.29, 0.717) is 27.9 Å². The molecular formula is C17H13ClN2O3. The summed E-state index contributed by atoms with van der Waals surface area (Å²) in [5, 5.41) is 3.21. The number of hydrogen-bond donors (Lipinski definition) is 1. The average Bonchev–Trinajstić information content (AvgIpc) is 2.96. The molecule has 0 bridgehead atoms. The lowest BCUT2D eigenvalue weighted by molar-refractivity contribution is -0.111. The van der Waals surface area contributed by atoms with E-state index in [1.54, 1.807) is 18.2 Å². The Balaban J connectivity index is 1.75. The van der Waals surface area contributed by atoms with E-state index < -0.39 is 0 Å². The molecule has 23 heavy (non-hydrogen) atoms. The zero-order valence-corrected chi connectivity index (χ0v) is 13.0. The number of ether oxygens (including phenoxy) is 1. The molecule has 1 amide bonds. The molecule has 1 N–H and O–H groups in total. The molecule has 0 saturated carbocycles. The van der Waals surface area contributed by atoms with E-state index in [-0.39, 0.29) is 5.91 Å². The summed E-state index contributed by atoms with van der Waals surface area (Å²) >= 11 is 5.93. The minimum absolute atomic E-state index is 0.340. The van der Waals surface area contributed by atoms with Crippen LogP contribution in [0.5, 0.6) is 5.75 Å². The van der Waals surface area contributed by atoms with Gasteiger partial charge in [-0.2, -0.15) is 0 Å². The molecule has 3 aromatic rings. The minimum atomic E-state index is -0.340. The minimum Gasteiger partial charge on any atom is -0.495 e. The van der Waals surface area contributed by atoms with Gasteiger partial charge in [0, 0.05) is 17.2 Å². The van der Waals surface area contributed by atoms with E-state index in [2.05, 4.69) is 10.3 Å². The van der Waals surface area contributed by atoms with Crippen molar-refractivity contribution in [1.82, 2.24) is 4.98 Å². The number of carbonyl (C=O) groups is 1. The van der Waals surface area contributed by atoms with Crippen LogP contribution in [0.1, 0.15) is 5.89 Å². The van der Waals surface area contributed by atoms with Gasteiger partial charge in [0.2, 0.25) is 11.8 Å². The quantitative estimate of drug-likeness (QED) is 0.731. The first-order valence-electron chi connectivity index (χ1n) is 6.84. The summed E-state index contributed by atoms with van der Waals surface area (Å²) in [6.07, 6.45) is 2.84. The molecule has 6 heteroatoms. The molecule has 0 radical (unpaired) electrons. The molecular weight excluding hydrogens is 316 g/mol. The molecule has 2 aromatic carbocycles. The van der Waals surface area contributed by atoms with Crippen LogP contribution in [0.4, 0.5) is 5.69 Å². The molecule has 1 aromatic heterocycles. The van der Waals surface area contributed by atoms with Gasteiger partial charge in [-0.3, -0.25) is 4.79 Å². The van der Waals surface area contributed by atoms with Crippen molar-refractivity contribution in [3.63, 3.8) is 0 Å². The Morgan fingerprint density at radius 3 is 2.91 bits per heavy atom. The SMILES string of the molecule is COc1ccc(Cl)cc1NC(=O)/C=C/c1nc2ccccc2o1. The number of methoxy groups -OCH3 is 1. The molecule has 0 atom stereocenters. The average molecular weight is 329 g/mol. The summed E-state index contributed by atoms with van der Waals surface area (Å²) in [6.45, 7) is 0. The zero-order chi connectivity index (χ0) is 16.2. The first-order chi connectivity index (χ1) is 11.2. The van der Waals surface area contributed by atoms with Crippen LogP contribution in [0.15, 0.2) is 53.0 Å². The summed E-state index contributed by atoms with van der Waals surface area (Å²) in [5.41, 5.74) is 1.90. The molecule has 0 unspecified atom stereocenters. The summed E-state index contributed by atoms with van der Waals surface area (Å²) in [6, 6.07) is 12.4. The number of nitrogens with one attached hydrogen (secondary N) is 1. The van der Waals surface area contributed by atoms with Crippen molar-refractivity contribution >= 4 is 40.4 Å². The second kappa shape index (κ2) is 6.54. The lowest BCUT2D eigenvalue weighted by Crippen LogP contribution is -2.08. The van der Waals surface area contributed by atoms with Gasteiger partial charge in [0.1, 0.15) is 11.3 Å². The first-order valence-corrected chi connectivity index (χ1v) is 7.21. The Morgan fingerprint density at radius 1 is 1.30 bits per heavy atom. The first kappa shape index (κ1) is 15.1. The van der Waals surface area contributed by atoms with Crippen LogP contribution in [0.3, 0.4) is 0 Å². The van der Waals surface area contributed by atoms with E-state index in [9.17, 15) is 4.79 Å². The van der Waals surface area contributed by atoms with Crippen LogP contribution < -0.4 is 10.1 Å². The van der Waals surface area contributed by atoms with Crippen molar-refractivity contribution < 1.29 is 13.9 Å². The normalized spacial score (nSPS) is 11.0. The largest absolute Gasteiger partial charge is 0.495 e. The van der Waals surface area contributed by atoms with Gasteiger partial charge >= 0.3 is 0 Å². The van der Waals surface area contributed by atoms with Crippen molar-refractivity contribution in [3.05, 3.63) is 59.5 Å². The van der Waals surface area contributed by atoms with Gasteiger partial charge in [0.25, 0.3) is 0 Å². The van der Waals surface area contributed by atoms with Gasteiger partial charge in [-0.15, -0.1) is 0 Å². The van der Waals surface area contributed by atoms with E-state index in [0.717, 1.165) is 5.52 Å². The Kier molecular flexibility index (Phi) is 4.30. The number of oxazole rings is 1. The standard InChI is InChI=1S/C17H13ClN2O3/c1-22-14-7-6-11(18)10-13(14)19-16(21)8-9-17-20-12-4-2-3-5-15(12)23-17/h2-10H,1H3,(H,19,21)/b9-8+. The van der Waals surface area contributed by atoms with Crippen molar-refractivity contribution in [3.8, 4) is 5.75 Å². The summed E-state index contributed by atoms with van der Waals surface area (Å²) < 4.78 is 10.7. The highest BCUT2D eigenvalue weighted by molar-refractivity contribution is 6.31. The predicted octanol–water partition coefficient (Wildman–Crippen LogP) is 4.14. The molecule has 5 nitrogen and oxygen atoms in total. The van der Waals surface area contributed by atoms with Gasteiger partial charge in [-0.25, -0.2) is 4.98 Å². The van der Waals surface area contributed by atoms with Gasteiger partial charge in [-0.1, -0.05) is 23.7 Å². The molecule has 3 rings (SSSR count). The highest BCUT2D eigenvalue weighted by Crippen LogP contribution is 2.27. The Morgan fingerprint density at radius 2 is 2.13 bits per heavy atom. The third kappa shape index (κ3) is 3.52. The fourth-order valence-corrected chi connectivity index (χ4v) is 2.23. The summed E-state index contributed by atoms with van der Waals surface area (Å²) in [5.74, 6) is 0.547. The smallest absolute Gasteiger partial charge is 0.248 e. The van der Waals surface area contributed by atoms with Gasteiger partial charge in [0.15, 0.2) is 5.58 Å². The Labute approximate surface area is 137 Å². The molecule has 0 saturated heterocycles. The van der Waals surface area contributed by atoms with E-state index in [1.165, 1.54) is 19.3 Å². The molecule has 1 heterocycles. The molecule has 0 fully saturated rings. The van der Waals surface area contributed by atoms with Crippen LogP contribution in [-0.4, -0.2) is 18.0 Å². The topological polar surface area (TPSA) is 64.4 Å². The maximum Gasteiger partial charge on any atom is 0.248 e. The van der Waals surface area contributed by atoms with Crippen LogP contribution in [0.2, 0.25) is 5.02 Å². The van der Waals surface area contributed by atoms with E-state index >= 15 is 0 Å². The third-order valence-corrected chi connectivity index (χ3v) is 3.34. The second-order valence-corrected chi connectivity index (χ2v) is 5.12. The second-order valence-electron chi connectivity index (χ2n) is 4.69. The van der Waals surface area contributed by atoms with E-state index in [1.807, 2.05) is 24.3 Å². The highest BCUT2D eigenvalue weighted by Gasteiger charge is 2.07. The van der Waals surface area contributed by atoms with Crippen LogP contribution in [0.25, 0.3) is 17.2 Å². The molecule has 0 aliphatic carbocycles. The lowest BCUT2D eigenvalue weighted by atomic mass is 10.3. The van der Waals surface area contributed by atoms with Crippen molar-refractivity contribution in [2.45, 2.75) is 0 Å². The van der Waals surface area contributed by atoms with Gasteiger partial charge in [-0.05, 0) is 30.3 Å². The number of nitrogens with zero attached hydrogens (tertiary/aromatic N) is 1. The van der Waals surface area contributed by atoms with Crippen molar-refractivity contribution in [2.24, 2.45) is 0 Å². The number of hydrogen-bond acceptors (Lipinski definition) is 4. The Bertz CT molecular complexity index is 853. The monoisotopic (exact) mass is 328 g/mol. The Hall–Kier alpha value is -2.79. The third-order valence-electron chi connectivity index (χ3n) is 3.11. The van der Waals surface area contributed by atoms with Crippen LogP contribution in [-0.2, 0) is 4.79 Å². The number of halogens is 1. The highest BCUT2D eigenvalue weighted by atomic mass is 35.5. The molecule has 0 aliphatic rings. The van der Waals surface area contributed by atoms with E-state index in [4.69, 9.17) is 20.8 Å². The lowest BCUT2D eigenvalue weighted by Gasteiger charge is -2.08. The summed E-state index contributed by atoms with van der Waals surface area (Å²) in [4.78, 5) is 16.3. The van der Waals surface area contributed by atoms with Gasteiger partial charge < -0.3 is 14.5 Å². The van der Waals surface area contributed by atoms with Crippen LogP contribution in [0, 0.1) is 0 Å². The molecule has 0 spiro atoms. The fourth-order valence-electron chi connectivity index (χ4n) is 2.06. The van der Waals surface area contributed by atoms with Gasteiger partial charge in [0.05, 0.1) is 12.8 Å². The number of carbonyl (C=O) groups excluding carboxylic acids is 1. The zero-order valence-electron chi connectivity index (χ0n) is 12.2. The number of amides is 1. The van der Waals surface area contributed by atoms with Crippen molar-refractivity contribution in [1.29, 1.82) is 0 Å². The number of para-hydroxylation sites is 2. The fraction of sp³-hybridized carbons (Fsp3) is 0.0588. The van der Waals surface area contributed by atoms with Crippen LogP contribution >= 0.6 is 11.6 Å². The maximum absolute atomic E-state index is 12.0.